The van der Waals surface area contributed by atoms with Crippen molar-refractivity contribution in [3.05, 3.63) is 17.5 Å². The predicted molar refractivity (Wildman–Crippen MR) is 75.0 cm³/mol. The van der Waals surface area contributed by atoms with E-state index in [1.807, 2.05) is 11.6 Å². The normalized spacial score (nSPS) is 16.5. The number of nitrogens with two attached hydrogens (primary N) is 1. The van der Waals surface area contributed by atoms with Crippen LogP contribution in [0.25, 0.3) is 0 Å². The van der Waals surface area contributed by atoms with Crippen molar-refractivity contribution in [2.75, 3.05) is 6.54 Å². The van der Waals surface area contributed by atoms with Crippen LogP contribution < -0.4 is 11.1 Å². The van der Waals surface area contributed by atoms with E-state index in [4.69, 9.17) is 5.73 Å². The molecule has 19 heavy (non-hydrogen) atoms. The largest absolute Gasteiger partial charge is 0.349 e. The quantitative estimate of drug-likeness (QED) is 0.848. The minimum absolute atomic E-state index is 0.0170. The van der Waals surface area contributed by atoms with Gasteiger partial charge in [-0.2, -0.15) is 5.10 Å². The second-order valence-corrected chi connectivity index (χ2v) is 5.32. The Bertz CT molecular complexity index is 421. The number of aryl methyl sites for hydroxylation is 1. The minimum atomic E-state index is 0.0170. The average Bonchev–Trinajstić information content (AvgIpc) is 2.79. The molecule has 1 aliphatic carbocycles. The summed E-state index contributed by atoms with van der Waals surface area (Å²) in [6, 6.07) is 0.341. The maximum absolute atomic E-state index is 12.2. The molecular weight excluding hydrogens is 240 g/mol. The maximum Gasteiger partial charge on any atom is 0.254 e. The number of aromatic nitrogens is 2. The number of nitrogens with zero attached hydrogens (tertiary/aromatic N) is 2. The molecule has 0 bridgehead atoms. The molecule has 1 heterocycles. The van der Waals surface area contributed by atoms with Crippen LogP contribution in [0.4, 0.5) is 0 Å². The van der Waals surface area contributed by atoms with Gasteiger partial charge < -0.3 is 11.1 Å². The molecule has 5 nitrogen and oxygen atoms in total. The highest BCUT2D eigenvalue weighted by molar-refractivity contribution is 5.95. The number of hydrogen-bond donors (Lipinski definition) is 2. The van der Waals surface area contributed by atoms with Crippen LogP contribution in [0.2, 0.25) is 0 Å². The predicted octanol–water partition coefficient (Wildman–Crippen LogP) is 1.60. The second kappa shape index (κ2) is 6.70. The number of hydrogen-bond acceptors (Lipinski definition) is 3. The molecule has 0 aliphatic heterocycles. The molecule has 2 rings (SSSR count). The van der Waals surface area contributed by atoms with Gasteiger partial charge in [-0.05, 0) is 32.7 Å². The van der Waals surface area contributed by atoms with E-state index in [2.05, 4.69) is 10.4 Å². The number of carbonyl (C=O) groups excluding carboxylic acids is 1. The van der Waals surface area contributed by atoms with Gasteiger partial charge in [0.2, 0.25) is 0 Å². The molecule has 1 aromatic rings. The fraction of sp³-hybridized carbons (Fsp3) is 0.714. The second-order valence-electron chi connectivity index (χ2n) is 5.32. The molecule has 0 radical (unpaired) electrons. The van der Waals surface area contributed by atoms with Crippen LogP contribution in [0.15, 0.2) is 6.20 Å². The van der Waals surface area contributed by atoms with Gasteiger partial charge in [-0.15, -0.1) is 0 Å². The molecule has 1 aliphatic rings. The first-order chi connectivity index (χ1) is 9.22. The van der Waals surface area contributed by atoms with E-state index in [-0.39, 0.29) is 5.91 Å². The van der Waals surface area contributed by atoms with Crippen LogP contribution in [0, 0.1) is 6.92 Å². The van der Waals surface area contributed by atoms with Gasteiger partial charge in [0.15, 0.2) is 0 Å². The molecule has 106 valence electrons. The van der Waals surface area contributed by atoms with E-state index in [1.54, 1.807) is 6.20 Å². The van der Waals surface area contributed by atoms with Gasteiger partial charge in [-0.1, -0.05) is 19.3 Å². The summed E-state index contributed by atoms with van der Waals surface area (Å²) in [7, 11) is 0. The Morgan fingerprint density at radius 3 is 2.89 bits per heavy atom. The van der Waals surface area contributed by atoms with E-state index in [0.29, 0.717) is 18.2 Å². The van der Waals surface area contributed by atoms with Crippen molar-refractivity contribution in [3.63, 3.8) is 0 Å². The molecule has 3 N–H and O–H groups in total. The van der Waals surface area contributed by atoms with Crippen molar-refractivity contribution in [2.24, 2.45) is 5.73 Å². The Morgan fingerprint density at radius 2 is 2.21 bits per heavy atom. The highest BCUT2D eigenvalue weighted by atomic mass is 16.1. The van der Waals surface area contributed by atoms with Gasteiger partial charge in [-0.25, -0.2) is 0 Å². The Balaban J connectivity index is 1.96. The van der Waals surface area contributed by atoms with Crippen LogP contribution in [0.5, 0.6) is 0 Å². The third-order valence-corrected chi connectivity index (χ3v) is 3.86. The summed E-state index contributed by atoms with van der Waals surface area (Å²) in [5.41, 5.74) is 7.13. The summed E-state index contributed by atoms with van der Waals surface area (Å²) >= 11 is 0. The SMILES string of the molecule is Cc1c(C(=O)NC2CCCCC2)cnn1CCCN. The van der Waals surface area contributed by atoms with Crippen molar-refractivity contribution in [2.45, 2.75) is 58.0 Å². The Morgan fingerprint density at radius 1 is 1.47 bits per heavy atom. The number of nitrogens with one attached hydrogen (secondary N) is 1. The van der Waals surface area contributed by atoms with Crippen molar-refractivity contribution >= 4 is 5.91 Å². The topological polar surface area (TPSA) is 72.9 Å². The van der Waals surface area contributed by atoms with E-state index >= 15 is 0 Å². The number of rotatable bonds is 5. The van der Waals surface area contributed by atoms with Gasteiger partial charge in [0.1, 0.15) is 0 Å². The average molecular weight is 264 g/mol. The first kappa shape index (κ1) is 14.1. The summed E-state index contributed by atoms with van der Waals surface area (Å²) in [5, 5.41) is 7.40. The summed E-state index contributed by atoms with van der Waals surface area (Å²) < 4.78 is 1.86. The Kier molecular flexibility index (Phi) is 4.96. The lowest BCUT2D eigenvalue weighted by Crippen LogP contribution is -2.36. The van der Waals surface area contributed by atoms with Crippen LogP contribution in [0.1, 0.15) is 54.6 Å². The number of amides is 1. The van der Waals surface area contributed by atoms with Gasteiger partial charge in [-0.3, -0.25) is 9.48 Å². The maximum atomic E-state index is 12.2. The molecule has 1 amide bonds. The van der Waals surface area contributed by atoms with Gasteiger partial charge >= 0.3 is 0 Å². The zero-order valence-corrected chi connectivity index (χ0v) is 11.7. The van der Waals surface area contributed by atoms with Crippen LogP contribution in [-0.2, 0) is 6.54 Å². The summed E-state index contributed by atoms with van der Waals surface area (Å²) in [6.07, 6.45) is 8.50. The van der Waals surface area contributed by atoms with E-state index in [9.17, 15) is 4.79 Å². The molecule has 5 heteroatoms. The summed E-state index contributed by atoms with van der Waals surface area (Å²) in [6.45, 7) is 3.36. The molecule has 0 atom stereocenters. The minimum Gasteiger partial charge on any atom is -0.349 e. The molecule has 0 aromatic carbocycles. The molecule has 1 fully saturated rings. The monoisotopic (exact) mass is 264 g/mol. The van der Waals surface area contributed by atoms with Crippen molar-refractivity contribution in [3.8, 4) is 0 Å². The van der Waals surface area contributed by atoms with Gasteiger partial charge in [0.25, 0.3) is 5.91 Å². The van der Waals surface area contributed by atoms with Gasteiger partial charge in [0, 0.05) is 18.3 Å². The van der Waals surface area contributed by atoms with Crippen molar-refractivity contribution in [1.82, 2.24) is 15.1 Å². The lowest BCUT2D eigenvalue weighted by molar-refractivity contribution is 0.0927. The lowest BCUT2D eigenvalue weighted by atomic mass is 9.95. The van der Waals surface area contributed by atoms with Crippen LogP contribution in [-0.4, -0.2) is 28.3 Å². The Labute approximate surface area is 114 Å². The van der Waals surface area contributed by atoms with E-state index in [0.717, 1.165) is 31.5 Å². The van der Waals surface area contributed by atoms with Gasteiger partial charge in [0.05, 0.1) is 11.8 Å². The van der Waals surface area contributed by atoms with Crippen molar-refractivity contribution in [1.29, 1.82) is 0 Å². The third kappa shape index (κ3) is 3.56. The summed E-state index contributed by atoms with van der Waals surface area (Å²) in [5.74, 6) is 0.0170. The van der Waals surface area contributed by atoms with Crippen molar-refractivity contribution < 1.29 is 4.79 Å². The highest BCUT2D eigenvalue weighted by Gasteiger charge is 2.19. The van der Waals surface area contributed by atoms with Crippen LogP contribution in [0.3, 0.4) is 0 Å². The molecule has 1 aromatic heterocycles. The molecule has 0 spiro atoms. The Hall–Kier alpha value is -1.36. The lowest BCUT2D eigenvalue weighted by Gasteiger charge is -2.22. The summed E-state index contributed by atoms with van der Waals surface area (Å²) in [4.78, 5) is 12.2. The fourth-order valence-electron chi connectivity index (χ4n) is 2.65. The molecule has 0 unspecified atom stereocenters. The molecule has 1 saturated carbocycles. The standard InChI is InChI=1S/C14H24N4O/c1-11-13(10-16-18(11)9-5-8-15)14(19)17-12-6-3-2-4-7-12/h10,12H,2-9,15H2,1H3,(H,17,19). The first-order valence-electron chi connectivity index (χ1n) is 7.25. The fourth-order valence-corrected chi connectivity index (χ4v) is 2.65. The zero-order valence-electron chi connectivity index (χ0n) is 11.7. The third-order valence-electron chi connectivity index (χ3n) is 3.86. The van der Waals surface area contributed by atoms with E-state index < -0.39 is 0 Å². The highest BCUT2D eigenvalue weighted by Crippen LogP contribution is 2.18. The van der Waals surface area contributed by atoms with E-state index in [1.165, 1.54) is 19.3 Å². The van der Waals surface area contributed by atoms with Crippen LogP contribution >= 0.6 is 0 Å². The smallest absolute Gasteiger partial charge is 0.254 e. The molecular formula is C14H24N4O. The zero-order chi connectivity index (χ0) is 13.7. The molecule has 0 saturated heterocycles. The number of carbonyl (C=O) groups is 1. The first-order valence-corrected chi connectivity index (χ1v) is 7.25.